The van der Waals surface area contributed by atoms with Crippen molar-refractivity contribution in [3.8, 4) is 0 Å². The van der Waals surface area contributed by atoms with Gasteiger partial charge in [0.05, 0.1) is 18.7 Å². The molecule has 3 aromatic carbocycles. The van der Waals surface area contributed by atoms with Crippen LogP contribution in [0.4, 0.5) is 5.69 Å². The Morgan fingerprint density at radius 2 is 1.73 bits per heavy atom. The van der Waals surface area contributed by atoms with Gasteiger partial charge in [0.2, 0.25) is 5.91 Å². The lowest BCUT2D eigenvalue weighted by Gasteiger charge is -2.24. The van der Waals surface area contributed by atoms with Crippen LogP contribution in [0.15, 0.2) is 90.6 Å². The standard InChI is InChI=1S/C29H30N2O2/c1-5-6-16-30-22(4)28(32)19-29(33)31(27-13-9-12-25(18-27)21(2)3)20-23-14-15-24-10-7-8-11-26(24)17-23/h6-18H,2,5,19-20H2,1,3-4H3/b16-6-,30-22?. The zero-order valence-electron chi connectivity index (χ0n) is 19.5. The predicted octanol–water partition coefficient (Wildman–Crippen LogP) is 6.75. The topological polar surface area (TPSA) is 49.7 Å². The van der Waals surface area contributed by atoms with Crippen molar-refractivity contribution in [3.63, 3.8) is 0 Å². The monoisotopic (exact) mass is 438 g/mol. The van der Waals surface area contributed by atoms with Gasteiger partial charge in [-0.25, -0.2) is 0 Å². The van der Waals surface area contributed by atoms with Gasteiger partial charge in [0.15, 0.2) is 5.78 Å². The van der Waals surface area contributed by atoms with Crippen molar-refractivity contribution in [2.75, 3.05) is 4.90 Å². The summed E-state index contributed by atoms with van der Waals surface area (Å²) in [6, 6.07) is 22.0. The second-order valence-electron chi connectivity index (χ2n) is 8.10. The lowest BCUT2D eigenvalue weighted by atomic mass is 10.0. The number of nitrogens with zero attached hydrogens (tertiary/aromatic N) is 2. The minimum atomic E-state index is -0.277. The van der Waals surface area contributed by atoms with Crippen molar-refractivity contribution in [2.45, 2.75) is 40.2 Å². The van der Waals surface area contributed by atoms with Crippen molar-refractivity contribution in [3.05, 3.63) is 96.7 Å². The summed E-state index contributed by atoms with van der Waals surface area (Å²) in [6.45, 7) is 9.95. The van der Waals surface area contributed by atoms with Crippen molar-refractivity contribution in [2.24, 2.45) is 4.99 Å². The first kappa shape index (κ1) is 23.9. The maximum Gasteiger partial charge on any atom is 0.235 e. The third-order valence-electron chi connectivity index (χ3n) is 5.43. The van der Waals surface area contributed by atoms with Gasteiger partial charge in [-0.1, -0.05) is 73.7 Å². The molecule has 0 spiro atoms. The number of hydrogen-bond acceptors (Lipinski definition) is 3. The van der Waals surface area contributed by atoms with Crippen LogP contribution in [0.2, 0.25) is 0 Å². The Hall–Kier alpha value is -3.79. The molecular weight excluding hydrogens is 408 g/mol. The molecule has 0 aliphatic rings. The molecule has 3 rings (SSSR count). The third kappa shape index (κ3) is 6.36. The lowest BCUT2D eigenvalue weighted by molar-refractivity contribution is -0.123. The SMILES string of the molecule is C=C(C)c1cccc(N(Cc2ccc3ccccc3c2)C(=O)CC(=O)C(C)=N/C=C\CC)c1. The number of Topliss-reactive ketones (excluding diaryl/α,β-unsaturated/α-hetero) is 1. The number of allylic oxidation sites excluding steroid dienone is 2. The summed E-state index contributed by atoms with van der Waals surface area (Å²) in [4.78, 5) is 31.8. The van der Waals surface area contributed by atoms with E-state index in [9.17, 15) is 9.59 Å². The van der Waals surface area contributed by atoms with E-state index in [4.69, 9.17) is 0 Å². The number of hydrogen-bond donors (Lipinski definition) is 0. The van der Waals surface area contributed by atoms with Crippen LogP contribution in [-0.2, 0) is 16.1 Å². The van der Waals surface area contributed by atoms with Gasteiger partial charge in [0, 0.05) is 11.9 Å². The molecule has 0 aliphatic carbocycles. The molecule has 4 heteroatoms. The highest BCUT2D eigenvalue weighted by Crippen LogP contribution is 2.24. The molecule has 0 fully saturated rings. The van der Waals surface area contributed by atoms with E-state index in [-0.39, 0.29) is 18.1 Å². The van der Waals surface area contributed by atoms with E-state index in [0.29, 0.717) is 12.3 Å². The Morgan fingerprint density at radius 1 is 0.970 bits per heavy atom. The number of rotatable bonds is 9. The molecule has 0 heterocycles. The highest BCUT2D eigenvalue weighted by Gasteiger charge is 2.21. The fraction of sp³-hybridized carbons (Fsp3) is 0.207. The van der Waals surface area contributed by atoms with Crippen LogP contribution in [0.5, 0.6) is 0 Å². The zero-order valence-corrected chi connectivity index (χ0v) is 19.5. The largest absolute Gasteiger partial charge is 0.308 e. The zero-order chi connectivity index (χ0) is 23.8. The highest BCUT2D eigenvalue weighted by molar-refractivity contribution is 6.42. The summed E-state index contributed by atoms with van der Waals surface area (Å²) in [6.07, 6.45) is 4.08. The Kier molecular flexibility index (Phi) is 8.09. The van der Waals surface area contributed by atoms with Crippen molar-refractivity contribution in [1.29, 1.82) is 0 Å². The second kappa shape index (κ2) is 11.2. The van der Waals surface area contributed by atoms with Gasteiger partial charge in [0.1, 0.15) is 0 Å². The summed E-state index contributed by atoms with van der Waals surface area (Å²) in [5, 5.41) is 2.26. The molecule has 168 valence electrons. The van der Waals surface area contributed by atoms with Gasteiger partial charge in [-0.3, -0.25) is 14.6 Å². The summed E-state index contributed by atoms with van der Waals surface area (Å²) in [5.74, 6) is -0.540. The Labute approximate surface area is 196 Å². The molecule has 0 N–H and O–H groups in total. The Morgan fingerprint density at radius 3 is 2.45 bits per heavy atom. The quantitative estimate of drug-likeness (QED) is 0.274. The number of benzene rings is 3. The van der Waals surface area contributed by atoms with Crippen LogP contribution in [0.3, 0.4) is 0 Å². The molecule has 0 aromatic heterocycles. The lowest BCUT2D eigenvalue weighted by Crippen LogP contribution is -2.33. The van der Waals surface area contributed by atoms with Crippen LogP contribution >= 0.6 is 0 Å². The highest BCUT2D eigenvalue weighted by atomic mass is 16.2. The molecule has 4 nitrogen and oxygen atoms in total. The average Bonchev–Trinajstić information content (AvgIpc) is 2.82. The van der Waals surface area contributed by atoms with Gasteiger partial charge in [-0.05, 0) is 60.4 Å². The molecule has 1 amide bonds. The Balaban J connectivity index is 1.92. The molecule has 0 saturated heterocycles. The maximum atomic E-state index is 13.3. The van der Waals surface area contributed by atoms with E-state index >= 15 is 0 Å². The van der Waals surface area contributed by atoms with Gasteiger partial charge in [-0.2, -0.15) is 0 Å². The van der Waals surface area contributed by atoms with Crippen LogP contribution in [0.1, 0.15) is 44.7 Å². The number of carbonyl (C=O) groups is 2. The molecule has 0 radical (unpaired) electrons. The number of ketones is 1. The molecular formula is C29H30N2O2. The Bertz CT molecular complexity index is 1240. The first-order chi connectivity index (χ1) is 15.9. The van der Waals surface area contributed by atoms with E-state index < -0.39 is 0 Å². The normalized spacial score (nSPS) is 11.7. The minimum absolute atomic E-state index is 0.236. The van der Waals surface area contributed by atoms with Gasteiger partial charge in [-0.15, -0.1) is 0 Å². The molecule has 0 bridgehead atoms. The number of fused-ring (bicyclic) bond motifs is 1. The van der Waals surface area contributed by atoms with E-state index in [2.05, 4.69) is 35.8 Å². The van der Waals surface area contributed by atoms with Crippen LogP contribution < -0.4 is 4.90 Å². The molecule has 0 unspecified atom stereocenters. The number of anilines is 1. The van der Waals surface area contributed by atoms with Crippen molar-refractivity contribution < 1.29 is 9.59 Å². The van der Waals surface area contributed by atoms with E-state index in [1.54, 1.807) is 18.0 Å². The molecule has 0 aliphatic heterocycles. The fourth-order valence-corrected chi connectivity index (χ4v) is 3.49. The van der Waals surface area contributed by atoms with Gasteiger partial charge in [0.25, 0.3) is 0 Å². The number of amides is 1. The fourth-order valence-electron chi connectivity index (χ4n) is 3.49. The first-order valence-corrected chi connectivity index (χ1v) is 11.2. The predicted molar refractivity (Wildman–Crippen MR) is 138 cm³/mol. The number of carbonyl (C=O) groups excluding carboxylic acids is 2. The van der Waals surface area contributed by atoms with Gasteiger partial charge < -0.3 is 4.90 Å². The molecule has 33 heavy (non-hydrogen) atoms. The molecule has 0 atom stereocenters. The van der Waals surface area contributed by atoms with Crippen LogP contribution in [-0.4, -0.2) is 17.4 Å². The summed E-state index contributed by atoms with van der Waals surface area (Å²) < 4.78 is 0. The summed E-state index contributed by atoms with van der Waals surface area (Å²) in [7, 11) is 0. The number of aliphatic imine (C=N–C) groups is 1. The summed E-state index contributed by atoms with van der Waals surface area (Å²) in [5.41, 5.74) is 3.93. The van der Waals surface area contributed by atoms with E-state index in [1.165, 1.54) is 0 Å². The van der Waals surface area contributed by atoms with Gasteiger partial charge >= 0.3 is 0 Å². The van der Waals surface area contributed by atoms with Crippen molar-refractivity contribution in [1.82, 2.24) is 0 Å². The smallest absolute Gasteiger partial charge is 0.235 e. The molecule has 3 aromatic rings. The van der Waals surface area contributed by atoms with Crippen LogP contribution in [0, 0.1) is 0 Å². The van der Waals surface area contributed by atoms with E-state index in [1.807, 2.05) is 62.4 Å². The van der Waals surface area contributed by atoms with E-state index in [0.717, 1.165) is 39.6 Å². The van der Waals surface area contributed by atoms with Crippen LogP contribution in [0.25, 0.3) is 16.3 Å². The van der Waals surface area contributed by atoms with Crippen molar-refractivity contribution >= 4 is 39.4 Å². The average molecular weight is 439 g/mol. The first-order valence-electron chi connectivity index (χ1n) is 11.2. The second-order valence-corrected chi connectivity index (χ2v) is 8.10. The third-order valence-corrected chi connectivity index (χ3v) is 5.43. The summed E-state index contributed by atoms with van der Waals surface area (Å²) >= 11 is 0. The maximum absolute atomic E-state index is 13.3. The minimum Gasteiger partial charge on any atom is -0.308 e. The molecule has 0 saturated carbocycles.